The monoisotopic (exact) mass is 238 g/mol. The molecule has 0 spiro atoms. The Bertz CT molecular complexity index is 357. The van der Waals surface area contributed by atoms with E-state index < -0.39 is 5.60 Å². The predicted octanol–water partition coefficient (Wildman–Crippen LogP) is 2.74. The third kappa shape index (κ3) is 2.36. The van der Waals surface area contributed by atoms with Gasteiger partial charge in [-0.25, -0.2) is 0 Å². The average molecular weight is 238 g/mol. The van der Waals surface area contributed by atoms with Crippen LogP contribution in [0.4, 0.5) is 0 Å². The van der Waals surface area contributed by atoms with Crippen molar-refractivity contribution in [1.82, 2.24) is 0 Å². The zero-order valence-corrected chi connectivity index (χ0v) is 10.3. The highest BCUT2D eigenvalue weighted by Crippen LogP contribution is 2.38. The van der Waals surface area contributed by atoms with Gasteiger partial charge >= 0.3 is 0 Å². The van der Waals surface area contributed by atoms with Crippen molar-refractivity contribution >= 4 is 11.8 Å². The van der Waals surface area contributed by atoms with Crippen LogP contribution < -0.4 is 0 Å². The Balaban J connectivity index is 2.22. The minimum Gasteiger partial charge on any atom is -0.508 e. The van der Waals surface area contributed by atoms with Crippen LogP contribution in [0.1, 0.15) is 25.3 Å². The molecule has 2 N–H and O–H groups in total. The number of phenolic OH excluding ortho intramolecular Hbond substituents is 1. The van der Waals surface area contributed by atoms with Crippen molar-refractivity contribution < 1.29 is 10.2 Å². The van der Waals surface area contributed by atoms with Crippen LogP contribution in [-0.2, 0) is 5.60 Å². The summed E-state index contributed by atoms with van der Waals surface area (Å²) in [7, 11) is 0. The molecule has 0 radical (unpaired) electrons. The van der Waals surface area contributed by atoms with E-state index in [1.807, 2.05) is 24.8 Å². The molecule has 1 aliphatic heterocycles. The van der Waals surface area contributed by atoms with E-state index in [2.05, 4.69) is 0 Å². The minimum atomic E-state index is -0.827. The van der Waals surface area contributed by atoms with Crippen LogP contribution in [0.5, 0.6) is 5.75 Å². The Labute approximate surface area is 101 Å². The van der Waals surface area contributed by atoms with E-state index in [0.29, 0.717) is 0 Å². The van der Waals surface area contributed by atoms with Crippen LogP contribution in [0, 0.1) is 5.92 Å². The van der Waals surface area contributed by atoms with Gasteiger partial charge in [-0.15, -0.1) is 0 Å². The van der Waals surface area contributed by atoms with Gasteiger partial charge in [-0.05, 0) is 49.0 Å². The molecule has 1 saturated heterocycles. The molecule has 1 fully saturated rings. The molecule has 16 heavy (non-hydrogen) atoms. The van der Waals surface area contributed by atoms with Crippen molar-refractivity contribution in [2.45, 2.75) is 25.4 Å². The van der Waals surface area contributed by atoms with Crippen molar-refractivity contribution in [1.29, 1.82) is 0 Å². The highest BCUT2D eigenvalue weighted by molar-refractivity contribution is 7.99. The fraction of sp³-hybridized carbons (Fsp3) is 0.538. The zero-order valence-electron chi connectivity index (χ0n) is 9.52. The molecule has 0 aromatic heterocycles. The Morgan fingerprint density at radius 3 is 2.88 bits per heavy atom. The van der Waals surface area contributed by atoms with Crippen LogP contribution in [0.15, 0.2) is 24.3 Å². The van der Waals surface area contributed by atoms with Crippen LogP contribution in [0.25, 0.3) is 0 Å². The molecule has 2 rings (SSSR count). The van der Waals surface area contributed by atoms with E-state index in [-0.39, 0.29) is 11.7 Å². The summed E-state index contributed by atoms with van der Waals surface area (Å²) in [5, 5.41) is 20.1. The van der Waals surface area contributed by atoms with Gasteiger partial charge in [-0.2, -0.15) is 11.8 Å². The molecule has 0 saturated carbocycles. The molecule has 2 atom stereocenters. The van der Waals surface area contributed by atoms with Crippen molar-refractivity contribution in [3.05, 3.63) is 29.8 Å². The van der Waals surface area contributed by atoms with Crippen LogP contribution in [-0.4, -0.2) is 21.7 Å². The molecule has 2 nitrogen and oxygen atoms in total. The van der Waals surface area contributed by atoms with Gasteiger partial charge in [-0.3, -0.25) is 0 Å². The molecule has 88 valence electrons. The Hall–Kier alpha value is -0.670. The Morgan fingerprint density at radius 2 is 2.25 bits per heavy atom. The lowest BCUT2D eigenvalue weighted by molar-refractivity contribution is -0.00123. The average Bonchev–Trinajstić information content (AvgIpc) is 2.30. The van der Waals surface area contributed by atoms with Gasteiger partial charge in [0, 0.05) is 5.92 Å². The Morgan fingerprint density at radius 1 is 1.44 bits per heavy atom. The van der Waals surface area contributed by atoms with Crippen molar-refractivity contribution in [2.24, 2.45) is 5.92 Å². The van der Waals surface area contributed by atoms with Crippen molar-refractivity contribution in [3.8, 4) is 5.75 Å². The molecular weight excluding hydrogens is 220 g/mol. The third-order valence-electron chi connectivity index (χ3n) is 3.39. The summed E-state index contributed by atoms with van der Waals surface area (Å²) in [5.74, 6) is 2.71. The predicted molar refractivity (Wildman–Crippen MR) is 67.7 cm³/mol. The Kier molecular flexibility index (Phi) is 3.45. The number of phenols is 1. The summed E-state index contributed by atoms with van der Waals surface area (Å²) >= 11 is 1.91. The lowest BCUT2D eigenvalue weighted by Crippen LogP contribution is -2.35. The smallest absolute Gasteiger partial charge is 0.115 e. The number of hydrogen-bond acceptors (Lipinski definition) is 3. The quantitative estimate of drug-likeness (QED) is 0.832. The van der Waals surface area contributed by atoms with Crippen molar-refractivity contribution in [3.63, 3.8) is 0 Å². The second kappa shape index (κ2) is 4.68. The van der Waals surface area contributed by atoms with Crippen LogP contribution in [0.2, 0.25) is 0 Å². The van der Waals surface area contributed by atoms with E-state index in [0.717, 1.165) is 17.7 Å². The molecule has 1 aromatic rings. The maximum atomic E-state index is 10.6. The molecule has 0 aliphatic carbocycles. The summed E-state index contributed by atoms with van der Waals surface area (Å²) in [6.07, 6.45) is 2.24. The van der Waals surface area contributed by atoms with Crippen LogP contribution >= 0.6 is 11.8 Å². The second-order valence-corrected chi connectivity index (χ2v) is 5.76. The zero-order chi connectivity index (χ0) is 11.6. The maximum absolute atomic E-state index is 10.6. The summed E-state index contributed by atoms with van der Waals surface area (Å²) in [6, 6.07) is 6.97. The molecule has 0 amide bonds. The molecular formula is C13H18O2S. The first-order valence-electron chi connectivity index (χ1n) is 5.70. The van der Waals surface area contributed by atoms with Crippen LogP contribution in [0.3, 0.4) is 0 Å². The summed E-state index contributed by atoms with van der Waals surface area (Å²) in [5.41, 5.74) is -0.00778. The fourth-order valence-electron chi connectivity index (χ4n) is 2.24. The van der Waals surface area contributed by atoms with E-state index in [9.17, 15) is 10.2 Å². The molecule has 1 aliphatic rings. The first kappa shape index (κ1) is 11.8. The first-order valence-corrected chi connectivity index (χ1v) is 6.86. The highest BCUT2D eigenvalue weighted by atomic mass is 32.2. The molecule has 0 bridgehead atoms. The van der Waals surface area contributed by atoms with Crippen molar-refractivity contribution in [2.75, 3.05) is 11.5 Å². The molecule has 3 heteroatoms. The number of benzene rings is 1. The van der Waals surface area contributed by atoms with Gasteiger partial charge in [0.1, 0.15) is 5.75 Å². The van der Waals surface area contributed by atoms with E-state index in [4.69, 9.17) is 0 Å². The molecule has 1 heterocycles. The van der Waals surface area contributed by atoms with Gasteiger partial charge in [0.15, 0.2) is 0 Å². The number of rotatable bonds is 2. The summed E-state index contributed by atoms with van der Waals surface area (Å²) < 4.78 is 0. The van der Waals surface area contributed by atoms with Gasteiger partial charge in [-0.1, -0.05) is 12.1 Å². The van der Waals surface area contributed by atoms with E-state index in [1.54, 1.807) is 18.2 Å². The lowest BCUT2D eigenvalue weighted by atomic mass is 9.81. The molecule has 1 aromatic carbocycles. The third-order valence-corrected chi connectivity index (χ3v) is 4.60. The van der Waals surface area contributed by atoms with Gasteiger partial charge < -0.3 is 10.2 Å². The highest BCUT2D eigenvalue weighted by Gasteiger charge is 2.34. The standard InChI is InChI=1S/C13H18O2S/c1-13(15,11-5-3-7-16-9-11)10-4-2-6-12(14)8-10/h2,4,6,8,11,14-15H,3,5,7,9H2,1H3. The lowest BCUT2D eigenvalue weighted by Gasteiger charge is -2.35. The maximum Gasteiger partial charge on any atom is 0.115 e. The minimum absolute atomic E-state index is 0.223. The summed E-state index contributed by atoms with van der Waals surface area (Å²) in [6.45, 7) is 1.86. The number of aromatic hydroxyl groups is 1. The first-order chi connectivity index (χ1) is 7.60. The largest absolute Gasteiger partial charge is 0.508 e. The van der Waals surface area contributed by atoms with Gasteiger partial charge in [0.25, 0.3) is 0 Å². The van der Waals surface area contributed by atoms with Gasteiger partial charge in [0.2, 0.25) is 0 Å². The van der Waals surface area contributed by atoms with Gasteiger partial charge in [0.05, 0.1) is 5.60 Å². The topological polar surface area (TPSA) is 40.5 Å². The SMILES string of the molecule is CC(O)(c1cccc(O)c1)C1CCCSC1. The molecule has 2 unspecified atom stereocenters. The number of hydrogen-bond donors (Lipinski definition) is 2. The second-order valence-electron chi connectivity index (χ2n) is 4.61. The number of thioether (sulfide) groups is 1. The fourth-order valence-corrected chi connectivity index (χ4v) is 3.55. The normalized spacial score (nSPS) is 25.0. The van der Waals surface area contributed by atoms with E-state index in [1.165, 1.54) is 12.2 Å². The summed E-state index contributed by atoms with van der Waals surface area (Å²) in [4.78, 5) is 0. The number of aliphatic hydroxyl groups is 1. The van der Waals surface area contributed by atoms with E-state index >= 15 is 0 Å².